The SMILES string of the molecule is CCn1c(N2CCN(c3cccc(C)c3)CC2)n[nH]c1=S. The second-order valence-electron chi connectivity index (χ2n) is 5.39. The molecule has 0 amide bonds. The quantitative estimate of drug-likeness (QED) is 0.885. The van der Waals surface area contributed by atoms with E-state index in [9.17, 15) is 0 Å². The third-order valence-electron chi connectivity index (χ3n) is 3.98. The summed E-state index contributed by atoms with van der Waals surface area (Å²) in [5, 5.41) is 7.27. The molecule has 1 N–H and O–H groups in total. The van der Waals surface area contributed by atoms with E-state index in [0.717, 1.165) is 38.7 Å². The number of piperazine rings is 1. The first-order chi connectivity index (χ1) is 10.2. The fourth-order valence-electron chi connectivity index (χ4n) is 2.83. The molecular formula is C15H21N5S. The van der Waals surface area contributed by atoms with E-state index in [4.69, 9.17) is 12.2 Å². The molecule has 1 aliphatic rings. The summed E-state index contributed by atoms with van der Waals surface area (Å²) < 4.78 is 2.76. The van der Waals surface area contributed by atoms with Crippen LogP contribution >= 0.6 is 12.2 Å². The molecule has 112 valence electrons. The maximum absolute atomic E-state index is 5.26. The lowest BCUT2D eigenvalue weighted by Crippen LogP contribution is -2.47. The van der Waals surface area contributed by atoms with Crippen molar-refractivity contribution in [1.29, 1.82) is 0 Å². The molecule has 2 aromatic rings. The first-order valence-electron chi connectivity index (χ1n) is 7.41. The highest BCUT2D eigenvalue weighted by molar-refractivity contribution is 7.71. The largest absolute Gasteiger partial charge is 0.368 e. The van der Waals surface area contributed by atoms with Crippen LogP contribution in [0.4, 0.5) is 11.6 Å². The first kappa shape index (κ1) is 14.1. The van der Waals surface area contributed by atoms with Gasteiger partial charge in [0, 0.05) is 38.4 Å². The Morgan fingerprint density at radius 2 is 1.90 bits per heavy atom. The maximum Gasteiger partial charge on any atom is 0.225 e. The molecule has 1 aromatic carbocycles. The maximum atomic E-state index is 5.26. The van der Waals surface area contributed by atoms with Crippen LogP contribution in [0.25, 0.3) is 0 Å². The van der Waals surface area contributed by atoms with Gasteiger partial charge in [-0.3, -0.25) is 4.57 Å². The van der Waals surface area contributed by atoms with Gasteiger partial charge in [-0.25, -0.2) is 5.10 Å². The van der Waals surface area contributed by atoms with E-state index >= 15 is 0 Å². The molecule has 1 saturated heterocycles. The first-order valence-corrected chi connectivity index (χ1v) is 7.81. The van der Waals surface area contributed by atoms with Crippen LogP contribution in [0.15, 0.2) is 24.3 Å². The highest BCUT2D eigenvalue weighted by atomic mass is 32.1. The number of aromatic amines is 1. The standard InChI is InChI=1S/C15H21N5S/c1-3-20-14(16-17-15(20)21)19-9-7-18(8-10-19)13-6-4-5-12(2)11-13/h4-6,11H,3,7-10H2,1-2H3,(H,17,21). The summed E-state index contributed by atoms with van der Waals surface area (Å²) in [4.78, 5) is 4.74. The van der Waals surface area contributed by atoms with Gasteiger partial charge in [-0.1, -0.05) is 12.1 Å². The van der Waals surface area contributed by atoms with Gasteiger partial charge in [-0.05, 0) is 43.8 Å². The molecule has 1 aromatic heterocycles. The van der Waals surface area contributed by atoms with E-state index < -0.39 is 0 Å². The van der Waals surface area contributed by atoms with Gasteiger partial charge in [0.1, 0.15) is 0 Å². The lowest BCUT2D eigenvalue weighted by Gasteiger charge is -2.36. The van der Waals surface area contributed by atoms with Gasteiger partial charge in [0.25, 0.3) is 0 Å². The molecule has 0 aliphatic carbocycles. The van der Waals surface area contributed by atoms with Crippen LogP contribution in [-0.4, -0.2) is 40.9 Å². The van der Waals surface area contributed by atoms with Crippen LogP contribution in [0.5, 0.6) is 0 Å². The van der Waals surface area contributed by atoms with E-state index in [2.05, 4.69) is 62.7 Å². The number of rotatable bonds is 3. The number of anilines is 2. The summed E-state index contributed by atoms with van der Waals surface area (Å²) in [6.45, 7) is 9.03. The fourth-order valence-corrected chi connectivity index (χ4v) is 3.08. The predicted octanol–water partition coefficient (Wildman–Crippen LogP) is 2.60. The lowest BCUT2D eigenvalue weighted by molar-refractivity contribution is 0.616. The van der Waals surface area contributed by atoms with Crippen molar-refractivity contribution >= 4 is 23.9 Å². The Labute approximate surface area is 130 Å². The molecule has 2 heterocycles. The molecule has 3 rings (SSSR count). The molecule has 1 fully saturated rings. The number of aromatic nitrogens is 3. The molecule has 21 heavy (non-hydrogen) atoms. The molecule has 0 atom stereocenters. The molecule has 0 bridgehead atoms. The van der Waals surface area contributed by atoms with E-state index in [0.29, 0.717) is 4.77 Å². The van der Waals surface area contributed by atoms with Gasteiger partial charge in [-0.15, -0.1) is 5.10 Å². The van der Waals surface area contributed by atoms with Gasteiger partial charge in [0.2, 0.25) is 5.95 Å². The smallest absolute Gasteiger partial charge is 0.225 e. The highest BCUT2D eigenvalue weighted by Crippen LogP contribution is 2.20. The zero-order valence-electron chi connectivity index (χ0n) is 12.5. The highest BCUT2D eigenvalue weighted by Gasteiger charge is 2.21. The zero-order valence-corrected chi connectivity index (χ0v) is 13.4. The summed E-state index contributed by atoms with van der Waals surface area (Å²) in [6.07, 6.45) is 0. The van der Waals surface area contributed by atoms with Crippen LogP contribution in [0, 0.1) is 11.7 Å². The minimum atomic E-state index is 0.702. The van der Waals surface area contributed by atoms with E-state index in [-0.39, 0.29) is 0 Å². The van der Waals surface area contributed by atoms with Crippen molar-refractivity contribution in [3.05, 3.63) is 34.6 Å². The number of nitrogens with one attached hydrogen (secondary N) is 1. The Kier molecular flexibility index (Phi) is 3.96. The summed E-state index contributed by atoms with van der Waals surface area (Å²) in [5.74, 6) is 0.964. The zero-order chi connectivity index (χ0) is 14.8. The normalized spacial score (nSPS) is 15.5. The van der Waals surface area contributed by atoms with Crippen molar-refractivity contribution in [1.82, 2.24) is 14.8 Å². The number of hydrogen-bond donors (Lipinski definition) is 1. The summed E-state index contributed by atoms with van der Waals surface area (Å²) in [7, 11) is 0. The Morgan fingerprint density at radius 1 is 1.19 bits per heavy atom. The molecule has 6 heteroatoms. The number of H-pyrrole nitrogens is 1. The van der Waals surface area contributed by atoms with Crippen LogP contribution in [0.2, 0.25) is 0 Å². The Hall–Kier alpha value is -1.82. The topological polar surface area (TPSA) is 40.1 Å². The average Bonchev–Trinajstić information content (AvgIpc) is 2.88. The monoisotopic (exact) mass is 303 g/mol. The Balaban J connectivity index is 1.72. The van der Waals surface area contributed by atoms with Crippen LogP contribution in [0.1, 0.15) is 12.5 Å². The minimum Gasteiger partial charge on any atom is -0.368 e. The second kappa shape index (κ2) is 5.89. The molecule has 0 unspecified atom stereocenters. The van der Waals surface area contributed by atoms with Crippen molar-refractivity contribution in [2.45, 2.75) is 20.4 Å². The van der Waals surface area contributed by atoms with Crippen LogP contribution < -0.4 is 9.80 Å². The third kappa shape index (κ3) is 2.81. The van der Waals surface area contributed by atoms with Crippen LogP contribution in [0.3, 0.4) is 0 Å². The van der Waals surface area contributed by atoms with Crippen molar-refractivity contribution in [2.24, 2.45) is 0 Å². The van der Waals surface area contributed by atoms with Crippen molar-refractivity contribution in [2.75, 3.05) is 36.0 Å². The number of aryl methyl sites for hydroxylation is 1. The molecular weight excluding hydrogens is 282 g/mol. The van der Waals surface area contributed by atoms with Gasteiger partial charge in [-0.2, -0.15) is 0 Å². The van der Waals surface area contributed by atoms with E-state index in [1.54, 1.807) is 0 Å². The molecule has 0 radical (unpaired) electrons. The average molecular weight is 303 g/mol. The van der Waals surface area contributed by atoms with Crippen molar-refractivity contribution in [3.63, 3.8) is 0 Å². The predicted molar refractivity (Wildman–Crippen MR) is 88.7 cm³/mol. The second-order valence-corrected chi connectivity index (χ2v) is 5.77. The van der Waals surface area contributed by atoms with E-state index in [1.807, 2.05) is 0 Å². The Bertz CT molecular complexity index is 667. The van der Waals surface area contributed by atoms with Crippen LogP contribution in [-0.2, 0) is 6.54 Å². The van der Waals surface area contributed by atoms with Gasteiger partial charge >= 0.3 is 0 Å². The molecule has 0 saturated carbocycles. The number of benzene rings is 1. The minimum absolute atomic E-state index is 0.702. The van der Waals surface area contributed by atoms with Crippen molar-refractivity contribution in [3.8, 4) is 0 Å². The Morgan fingerprint density at radius 3 is 2.57 bits per heavy atom. The lowest BCUT2D eigenvalue weighted by atomic mass is 10.2. The van der Waals surface area contributed by atoms with Gasteiger partial charge < -0.3 is 9.80 Å². The van der Waals surface area contributed by atoms with E-state index in [1.165, 1.54) is 11.3 Å². The number of hydrogen-bond acceptors (Lipinski definition) is 4. The third-order valence-corrected chi connectivity index (χ3v) is 4.30. The summed E-state index contributed by atoms with van der Waals surface area (Å²) >= 11 is 5.26. The van der Waals surface area contributed by atoms with Gasteiger partial charge in [0.15, 0.2) is 4.77 Å². The molecule has 1 aliphatic heterocycles. The molecule has 0 spiro atoms. The summed E-state index contributed by atoms with van der Waals surface area (Å²) in [5.41, 5.74) is 2.62. The van der Waals surface area contributed by atoms with Crippen molar-refractivity contribution < 1.29 is 0 Å². The summed E-state index contributed by atoms with van der Waals surface area (Å²) in [6, 6.07) is 8.70. The number of nitrogens with zero attached hydrogens (tertiary/aromatic N) is 4. The fraction of sp³-hybridized carbons (Fsp3) is 0.467. The van der Waals surface area contributed by atoms with Gasteiger partial charge in [0.05, 0.1) is 0 Å². The molecule has 5 nitrogen and oxygen atoms in total.